The zero-order valence-electron chi connectivity index (χ0n) is 9.21. The predicted octanol–water partition coefficient (Wildman–Crippen LogP) is 3.75. The molecule has 0 aliphatic rings. The summed E-state index contributed by atoms with van der Waals surface area (Å²) in [6.45, 7) is 2.62. The number of aromatic nitrogens is 2. The van der Waals surface area contributed by atoms with E-state index in [2.05, 4.69) is 9.55 Å². The summed E-state index contributed by atoms with van der Waals surface area (Å²) in [4.78, 5) is 4.26. The highest BCUT2D eigenvalue weighted by molar-refractivity contribution is 6.29. The third kappa shape index (κ3) is 2.19. The molecule has 0 bridgehead atoms. The molecule has 0 atom stereocenters. The van der Waals surface area contributed by atoms with Crippen molar-refractivity contribution >= 4 is 22.6 Å². The quantitative estimate of drug-likeness (QED) is 0.588. The van der Waals surface area contributed by atoms with Crippen molar-refractivity contribution in [3.63, 3.8) is 0 Å². The molecule has 2 rings (SSSR count). The van der Waals surface area contributed by atoms with Crippen molar-refractivity contribution in [2.45, 2.75) is 26.3 Å². The monoisotopic (exact) mass is 240 g/mol. The second-order valence-corrected chi connectivity index (χ2v) is 4.26. The lowest BCUT2D eigenvalue weighted by atomic mass is 10.3. The van der Waals surface area contributed by atoms with Gasteiger partial charge in [0.15, 0.2) is 0 Å². The molecule has 0 fully saturated rings. The van der Waals surface area contributed by atoms with Crippen LogP contribution in [-0.4, -0.2) is 16.2 Å². The molecular formula is C12H14ClFN2. The van der Waals surface area contributed by atoms with Gasteiger partial charge in [0.05, 0.1) is 17.7 Å². The minimum Gasteiger partial charge on any atom is -0.344 e. The molecule has 16 heavy (non-hydrogen) atoms. The van der Waals surface area contributed by atoms with E-state index in [9.17, 15) is 4.39 Å². The predicted molar refractivity (Wildman–Crippen MR) is 64.7 cm³/mol. The molecule has 0 N–H and O–H groups in total. The molecule has 0 aromatic carbocycles. The molecule has 0 saturated heterocycles. The Bertz CT molecular complexity index is 493. The van der Waals surface area contributed by atoms with E-state index >= 15 is 0 Å². The Morgan fingerprint density at radius 3 is 2.94 bits per heavy atom. The third-order valence-electron chi connectivity index (χ3n) is 2.70. The van der Waals surface area contributed by atoms with Crippen LogP contribution in [0, 0.1) is 6.92 Å². The van der Waals surface area contributed by atoms with E-state index in [0.717, 1.165) is 29.7 Å². The van der Waals surface area contributed by atoms with Crippen molar-refractivity contribution in [2.24, 2.45) is 0 Å². The highest BCUT2D eigenvalue weighted by atomic mass is 35.5. The maximum atomic E-state index is 12.1. The van der Waals surface area contributed by atoms with Crippen LogP contribution in [0.25, 0.3) is 11.0 Å². The van der Waals surface area contributed by atoms with Crippen molar-refractivity contribution in [3.8, 4) is 0 Å². The Balaban J connectivity index is 2.32. The van der Waals surface area contributed by atoms with E-state index in [-0.39, 0.29) is 6.67 Å². The zero-order chi connectivity index (χ0) is 11.5. The molecule has 0 aliphatic heterocycles. The number of hydrogen-bond donors (Lipinski definition) is 0. The minimum absolute atomic E-state index is 0.248. The summed E-state index contributed by atoms with van der Waals surface area (Å²) in [6.07, 6.45) is 1.46. The van der Waals surface area contributed by atoms with Crippen molar-refractivity contribution in [1.29, 1.82) is 0 Å². The average molecular weight is 241 g/mol. The summed E-state index contributed by atoms with van der Waals surface area (Å²) in [7, 11) is 0. The van der Waals surface area contributed by atoms with E-state index in [1.165, 1.54) is 0 Å². The Morgan fingerprint density at radius 1 is 1.38 bits per heavy atom. The van der Waals surface area contributed by atoms with Gasteiger partial charge in [0, 0.05) is 12.2 Å². The normalized spacial score (nSPS) is 11.2. The Morgan fingerprint density at radius 2 is 2.19 bits per heavy atom. The van der Waals surface area contributed by atoms with Crippen LogP contribution in [0.2, 0.25) is 5.15 Å². The van der Waals surface area contributed by atoms with Crippen molar-refractivity contribution in [2.75, 3.05) is 6.67 Å². The first kappa shape index (κ1) is 11.4. The van der Waals surface area contributed by atoms with E-state index < -0.39 is 0 Å². The zero-order valence-corrected chi connectivity index (χ0v) is 9.97. The first-order valence-electron chi connectivity index (χ1n) is 5.40. The van der Waals surface area contributed by atoms with Gasteiger partial charge in [-0.25, -0.2) is 4.98 Å². The van der Waals surface area contributed by atoms with Gasteiger partial charge in [0.25, 0.3) is 0 Å². The number of aryl methyl sites for hydroxylation is 2. The summed E-state index contributed by atoms with van der Waals surface area (Å²) in [6, 6.07) is 5.76. The van der Waals surface area contributed by atoms with Crippen LogP contribution in [0.3, 0.4) is 0 Å². The van der Waals surface area contributed by atoms with E-state index in [4.69, 9.17) is 11.6 Å². The molecule has 4 heteroatoms. The first-order valence-corrected chi connectivity index (χ1v) is 5.78. The number of hydrogen-bond acceptors (Lipinski definition) is 1. The molecule has 2 nitrogen and oxygen atoms in total. The number of rotatable bonds is 4. The molecule has 0 aliphatic carbocycles. The number of fused-ring (bicyclic) bond motifs is 1. The third-order valence-corrected chi connectivity index (χ3v) is 2.91. The Hall–Kier alpha value is -1.09. The molecule has 0 unspecified atom stereocenters. The topological polar surface area (TPSA) is 17.8 Å². The molecule has 0 saturated carbocycles. The van der Waals surface area contributed by atoms with Crippen molar-refractivity contribution in [1.82, 2.24) is 9.55 Å². The summed E-state index contributed by atoms with van der Waals surface area (Å²) in [5.74, 6) is 0. The lowest BCUT2D eigenvalue weighted by molar-refractivity contribution is 0.448. The molecular weight excluding hydrogens is 227 g/mol. The smallest absolute Gasteiger partial charge is 0.129 e. The average Bonchev–Trinajstić information content (AvgIpc) is 2.55. The molecule has 0 amide bonds. The number of pyridine rings is 1. The highest BCUT2D eigenvalue weighted by Gasteiger charge is 2.06. The minimum atomic E-state index is -0.248. The van der Waals surface area contributed by atoms with Crippen molar-refractivity contribution in [3.05, 3.63) is 29.0 Å². The van der Waals surface area contributed by atoms with Gasteiger partial charge in [-0.3, -0.25) is 4.39 Å². The largest absolute Gasteiger partial charge is 0.344 e. The molecule has 2 heterocycles. The molecule has 2 aromatic heterocycles. The number of nitrogens with zero attached hydrogens (tertiary/aromatic N) is 2. The highest BCUT2D eigenvalue weighted by Crippen LogP contribution is 2.20. The van der Waals surface area contributed by atoms with Crippen LogP contribution in [0.15, 0.2) is 18.2 Å². The fraction of sp³-hybridized carbons (Fsp3) is 0.417. The van der Waals surface area contributed by atoms with Gasteiger partial charge in [0.2, 0.25) is 0 Å². The SMILES string of the molecule is Cc1cc2nc(Cl)ccc2n1CCCCF. The summed E-state index contributed by atoms with van der Waals surface area (Å²) in [5, 5.41) is 0.508. The lowest BCUT2D eigenvalue weighted by Crippen LogP contribution is -2.00. The standard InChI is InChI=1S/C12H14ClFN2/c1-9-8-10-11(4-5-12(13)15-10)16(9)7-3-2-6-14/h4-5,8H,2-3,6-7H2,1H3. The first-order chi connectivity index (χ1) is 7.72. The van der Waals surface area contributed by atoms with Gasteiger partial charge in [0.1, 0.15) is 5.15 Å². The maximum Gasteiger partial charge on any atom is 0.129 e. The fourth-order valence-corrected chi connectivity index (χ4v) is 2.06. The van der Waals surface area contributed by atoms with Gasteiger partial charge < -0.3 is 4.57 Å². The van der Waals surface area contributed by atoms with Crippen LogP contribution in [0.4, 0.5) is 4.39 Å². The summed E-state index contributed by atoms with van der Waals surface area (Å²) in [5.41, 5.74) is 3.12. The van der Waals surface area contributed by atoms with Crippen LogP contribution in [-0.2, 0) is 6.54 Å². The Kier molecular flexibility index (Phi) is 3.44. The fourth-order valence-electron chi connectivity index (χ4n) is 1.90. The number of halogens is 2. The van der Waals surface area contributed by atoms with Crippen LogP contribution < -0.4 is 0 Å². The van der Waals surface area contributed by atoms with E-state index in [0.29, 0.717) is 11.6 Å². The maximum absolute atomic E-state index is 12.1. The molecule has 0 radical (unpaired) electrons. The van der Waals surface area contributed by atoms with Gasteiger partial charge in [-0.05, 0) is 38.0 Å². The summed E-state index contributed by atoms with van der Waals surface area (Å²) >= 11 is 5.84. The molecule has 2 aromatic rings. The number of alkyl halides is 1. The van der Waals surface area contributed by atoms with Gasteiger partial charge >= 0.3 is 0 Å². The van der Waals surface area contributed by atoms with Gasteiger partial charge in [-0.2, -0.15) is 0 Å². The van der Waals surface area contributed by atoms with Gasteiger partial charge in [-0.1, -0.05) is 11.6 Å². The van der Waals surface area contributed by atoms with Crippen LogP contribution in [0.5, 0.6) is 0 Å². The van der Waals surface area contributed by atoms with Crippen molar-refractivity contribution < 1.29 is 4.39 Å². The molecule has 86 valence electrons. The number of unbranched alkanes of at least 4 members (excludes halogenated alkanes) is 1. The Labute approximate surface area is 99.0 Å². The van der Waals surface area contributed by atoms with Gasteiger partial charge in [-0.15, -0.1) is 0 Å². The van der Waals surface area contributed by atoms with Crippen LogP contribution >= 0.6 is 11.6 Å². The van der Waals surface area contributed by atoms with Crippen LogP contribution in [0.1, 0.15) is 18.5 Å². The lowest BCUT2D eigenvalue weighted by Gasteiger charge is -2.06. The van der Waals surface area contributed by atoms with E-state index in [1.54, 1.807) is 6.07 Å². The second-order valence-electron chi connectivity index (χ2n) is 3.87. The molecule has 0 spiro atoms. The second kappa shape index (κ2) is 4.83. The van der Waals surface area contributed by atoms with E-state index in [1.807, 2.05) is 19.1 Å². The summed E-state index contributed by atoms with van der Waals surface area (Å²) < 4.78 is 14.2.